The normalized spacial score (nSPS) is 22.9. The first kappa shape index (κ1) is 18.3. The Balaban J connectivity index is 1.56. The van der Waals surface area contributed by atoms with Crippen LogP contribution >= 0.6 is 15.9 Å². The Labute approximate surface area is 162 Å². The van der Waals surface area contributed by atoms with E-state index in [1.165, 1.54) is 0 Å². The molecule has 2 aliphatic rings. The number of fused-ring (bicyclic) bond motifs is 1. The summed E-state index contributed by atoms with van der Waals surface area (Å²) in [7, 11) is -3.55. The van der Waals surface area contributed by atoms with Crippen LogP contribution < -0.4 is 5.32 Å². The van der Waals surface area contributed by atoms with E-state index in [1.54, 1.807) is 28.8 Å². The number of pyridine rings is 1. The fourth-order valence-corrected chi connectivity index (χ4v) is 6.22. The number of nitrogens with one attached hydrogen (secondary N) is 1. The average molecular weight is 440 g/mol. The summed E-state index contributed by atoms with van der Waals surface area (Å²) in [4.78, 5) is 4.48. The van der Waals surface area contributed by atoms with Crippen molar-refractivity contribution in [1.29, 1.82) is 0 Å². The van der Waals surface area contributed by atoms with E-state index in [9.17, 15) is 8.42 Å². The van der Waals surface area contributed by atoms with Crippen LogP contribution in [-0.2, 0) is 14.8 Å². The third-order valence-electron chi connectivity index (χ3n) is 5.16. The van der Waals surface area contributed by atoms with E-state index in [0.717, 1.165) is 37.9 Å². The summed E-state index contributed by atoms with van der Waals surface area (Å²) in [6.07, 6.45) is 6.16. The molecule has 1 atom stereocenters. The maximum atomic E-state index is 13.3. The number of sulfonamides is 1. The van der Waals surface area contributed by atoms with Crippen molar-refractivity contribution in [2.45, 2.75) is 36.2 Å². The lowest BCUT2D eigenvalue weighted by atomic mass is 10.1. The molecule has 6 nitrogen and oxygen atoms in total. The molecule has 4 rings (SSSR count). The molecule has 0 saturated carbocycles. The van der Waals surface area contributed by atoms with Gasteiger partial charge in [0.05, 0.1) is 4.90 Å². The number of hydrogen-bond donors (Lipinski definition) is 1. The van der Waals surface area contributed by atoms with Crippen LogP contribution in [0, 0.1) is 0 Å². The average Bonchev–Trinajstić information content (AvgIpc) is 3.12. The minimum absolute atomic E-state index is 0.202. The van der Waals surface area contributed by atoms with Crippen LogP contribution in [0.1, 0.15) is 19.3 Å². The van der Waals surface area contributed by atoms with Crippen molar-refractivity contribution < 1.29 is 13.2 Å². The van der Waals surface area contributed by atoms with Gasteiger partial charge in [0.2, 0.25) is 10.0 Å². The molecule has 26 heavy (non-hydrogen) atoms. The minimum atomic E-state index is -3.55. The van der Waals surface area contributed by atoms with Gasteiger partial charge < -0.3 is 10.1 Å². The molecule has 0 aliphatic carbocycles. The van der Waals surface area contributed by atoms with Gasteiger partial charge in [0, 0.05) is 66.0 Å². The summed E-state index contributed by atoms with van der Waals surface area (Å²) in [5.74, 6) is 0. The maximum Gasteiger partial charge on any atom is 0.243 e. The number of aromatic nitrogens is 1. The summed E-state index contributed by atoms with van der Waals surface area (Å²) in [6.45, 7) is 2.62. The SMILES string of the molecule is O=S(=O)(c1cccc2cncc(Br)c12)N1CCC(NC2CCOCC2)C1. The highest BCUT2D eigenvalue weighted by Crippen LogP contribution is 2.32. The van der Waals surface area contributed by atoms with E-state index in [2.05, 4.69) is 26.2 Å². The Bertz CT molecular complexity index is 894. The van der Waals surface area contributed by atoms with Crippen molar-refractivity contribution >= 4 is 36.7 Å². The molecule has 8 heteroatoms. The van der Waals surface area contributed by atoms with Crippen LogP contribution in [0.3, 0.4) is 0 Å². The van der Waals surface area contributed by atoms with Crippen molar-refractivity contribution in [3.63, 3.8) is 0 Å². The highest BCUT2D eigenvalue weighted by Gasteiger charge is 2.34. The van der Waals surface area contributed by atoms with Crippen molar-refractivity contribution in [1.82, 2.24) is 14.6 Å². The second-order valence-corrected chi connectivity index (χ2v) is 9.64. The van der Waals surface area contributed by atoms with E-state index in [0.29, 0.717) is 33.9 Å². The molecule has 0 spiro atoms. The van der Waals surface area contributed by atoms with Crippen LogP contribution in [0.2, 0.25) is 0 Å². The second-order valence-electron chi connectivity index (χ2n) is 6.88. The van der Waals surface area contributed by atoms with Crippen molar-refractivity contribution in [3.05, 3.63) is 35.1 Å². The molecule has 1 aromatic carbocycles. The third kappa shape index (κ3) is 3.53. The molecule has 2 aliphatic heterocycles. The lowest BCUT2D eigenvalue weighted by molar-refractivity contribution is 0.0753. The molecule has 1 N–H and O–H groups in total. The van der Waals surface area contributed by atoms with Gasteiger partial charge in [-0.25, -0.2) is 8.42 Å². The summed E-state index contributed by atoms with van der Waals surface area (Å²) in [6, 6.07) is 5.96. The van der Waals surface area contributed by atoms with E-state index < -0.39 is 10.0 Å². The molecule has 2 aromatic rings. The van der Waals surface area contributed by atoms with Gasteiger partial charge in [-0.3, -0.25) is 4.98 Å². The zero-order chi connectivity index (χ0) is 18.1. The largest absolute Gasteiger partial charge is 0.381 e. The fraction of sp³-hybridized carbons (Fsp3) is 0.500. The first-order valence-electron chi connectivity index (χ1n) is 8.92. The summed E-state index contributed by atoms with van der Waals surface area (Å²) in [5, 5.41) is 5.13. The van der Waals surface area contributed by atoms with Gasteiger partial charge in [0.15, 0.2) is 0 Å². The Morgan fingerprint density at radius 2 is 1.96 bits per heavy atom. The summed E-state index contributed by atoms with van der Waals surface area (Å²) in [5.41, 5.74) is 0. The van der Waals surface area contributed by atoms with Crippen LogP contribution in [-0.4, -0.2) is 56.1 Å². The molecule has 1 aromatic heterocycles. The molecular formula is C18H22BrN3O3S. The third-order valence-corrected chi connectivity index (χ3v) is 7.67. The first-order chi connectivity index (χ1) is 12.6. The number of nitrogens with zero attached hydrogens (tertiary/aromatic N) is 2. The van der Waals surface area contributed by atoms with Gasteiger partial charge in [-0.1, -0.05) is 12.1 Å². The summed E-state index contributed by atoms with van der Waals surface area (Å²) >= 11 is 3.46. The molecule has 0 amide bonds. The zero-order valence-corrected chi connectivity index (χ0v) is 16.8. The monoisotopic (exact) mass is 439 g/mol. The molecule has 140 valence electrons. The number of hydrogen-bond acceptors (Lipinski definition) is 5. The summed E-state index contributed by atoms with van der Waals surface area (Å²) < 4.78 is 34.2. The number of rotatable bonds is 4. The van der Waals surface area contributed by atoms with Gasteiger partial charge in [-0.15, -0.1) is 0 Å². The molecule has 1 unspecified atom stereocenters. The maximum absolute atomic E-state index is 13.3. The quantitative estimate of drug-likeness (QED) is 0.792. The molecule has 2 saturated heterocycles. The van der Waals surface area contributed by atoms with Gasteiger partial charge in [0.25, 0.3) is 0 Å². The number of ether oxygens (including phenoxy) is 1. The molecule has 2 fully saturated rings. The Morgan fingerprint density at radius 3 is 2.77 bits per heavy atom. The predicted molar refractivity (Wildman–Crippen MR) is 104 cm³/mol. The Hall–Kier alpha value is -1.06. The van der Waals surface area contributed by atoms with Crippen molar-refractivity contribution in [3.8, 4) is 0 Å². The van der Waals surface area contributed by atoms with E-state index in [1.807, 2.05) is 6.07 Å². The van der Waals surface area contributed by atoms with Gasteiger partial charge in [-0.2, -0.15) is 4.31 Å². The van der Waals surface area contributed by atoms with Crippen molar-refractivity contribution in [2.24, 2.45) is 0 Å². The molecule has 0 radical (unpaired) electrons. The minimum Gasteiger partial charge on any atom is -0.381 e. The highest BCUT2D eigenvalue weighted by molar-refractivity contribution is 9.10. The molecule has 0 bridgehead atoms. The van der Waals surface area contributed by atoms with E-state index >= 15 is 0 Å². The van der Waals surface area contributed by atoms with Crippen LogP contribution in [0.25, 0.3) is 10.8 Å². The Kier molecular flexibility index (Phi) is 5.29. The first-order valence-corrected chi connectivity index (χ1v) is 11.1. The van der Waals surface area contributed by atoms with E-state index in [-0.39, 0.29) is 6.04 Å². The van der Waals surface area contributed by atoms with Crippen LogP contribution in [0.15, 0.2) is 40.0 Å². The van der Waals surface area contributed by atoms with Gasteiger partial charge in [-0.05, 0) is 41.3 Å². The van der Waals surface area contributed by atoms with Crippen LogP contribution in [0.4, 0.5) is 0 Å². The second kappa shape index (κ2) is 7.52. The molecular weight excluding hydrogens is 418 g/mol. The highest BCUT2D eigenvalue weighted by atomic mass is 79.9. The topological polar surface area (TPSA) is 71.5 Å². The predicted octanol–water partition coefficient (Wildman–Crippen LogP) is 2.53. The number of benzene rings is 1. The zero-order valence-electron chi connectivity index (χ0n) is 14.4. The Morgan fingerprint density at radius 1 is 1.15 bits per heavy atom. The lowest BCUT2D eigenvalue weighted by Crippen LogP contribution is -2.43. The smallest absolute Gasteiger partial charge is 0.243 e. The van der Waals surface area contributed by atoms with Crippen LogP contribution in [0.5, 0.6) is 0 Å². The van der Waals surface area contributed by atoms with Gasteiger partial charge in [0.1, 0.15) is 0 Å². The molecule has 3 heterocycles. The number of halogens is 1. The van der Waals surface area contributed by atoms with Crippen molar-refractivity contribution in [2.75, 3.05) is 26.3 Å². The lowest BCUT2D eigenvalue weighted by Gasteiger charge is -2.26. The standard InChI is InChI=1S/C18H22BrN3O3S/c19-16-11-20-10-13-2-1-3-17(18(13)16)26(23,24)22-7-4-15(12-22)21-14-5-8-25-9-6-14/h1-3,10-11,14-15,21H,4-9,12H2. The fourth-order valence-electron chi connectivity index (χ4n) is 3.79. The van der Waals surface area contributed by atoms with E-state index in [4.69, 9.17) is 4.74 Å². The van der Waals surface area contributed by atoms with Gasteiger partial charge >= 0.3 is 0 Å².